The van der Waals surface area contributed by atoms with Crippen LogP contribution in [0, 0.1) is 17.6 Å². The summed E-state index contributed by atoms with van der Waals surface area (Å²) in [5.74, 6) is -0.532. The first-order valence-corrected chi connectivity index (χ1v) is 6.37. The molecule has 0 bridgehead atoms. The molecule has 0 spiro atoms. The van der Waals surface area contributed by atoms with E-state index in [1.807, 2.05) is 0 Å². The van der Waals surface area contributed by atoms with Crippen LogP contribution >= 0.6 is 0 Å². The zero-order valence-electron chi connectivity index (χ0n) is 9.96. The molecule has 1 fully saturated rings. The standard InChI is InChI=1S/C14H19F2N/c15-12-7-4-8-13(16)11(12)9-14(17)10-5-2-1-3-6-10/h4,7-8,10,14H,1-3,5-6,9,17H2. The molecule has 1 aromatic rings. The third kappa shape index (κ3) is 3.03. The van der Waals surface area contributed by atoms with Crippen LogP contribution in [0.1, 0.15) is 37.7 Å². The molecule has 1 aliphatic carbocycles. The lowest BCUT2D eigenvalue weighted by molar-refractivity contribution is 0.300. The lowest BCUT2D eigenvalue weighted by Crippen LogP contribution is -2.34. The summed E-state index contributed by atoms with van der Waals surface area (Å²) in [6.07, 6.45) is 6.14. The lowest BCUT2D eigenvalue weighted by Gasteiger charge is -2.27. The van der Waals surface area contributed by atoms with Crippen LogP contribution in [-0.4, -0.2) is 6.04 Å². The number of hydrogen-bond donors (Lipinski definition) is 1. The van der Waals surface area contributed by atoms with Gasteiger partial charge in [-0.1, -0.05) is 25.3 Å². The Bertz CT molecular complexity index is 352. The van der Waals surface area contributed by atoms with Crippen LogP contribution in [0.25, 0.3) is 0 Å². The van der Waals surface area contributed by atoms with Crippen molar-refractivity contribution in [3.05, 3.63) is 35.4 Å². The van der Waals surface area contributed by atoms with E-state index >= 15 is 0 Å². The molecular formula is C14H19F2N. The normalized spacial score (nSPS) is 19.2. The summed E-state index contributed by atoms with van der Waals surface area (Å²) in [5, 5.41) is 0. The molecule has 1 unspecified atom stereocenters. The molecule has 17 heavy (non-hydrogen) atoms. The predicted octanol–water partition coefficient (Wildman–Crippen LogP) is 3.41. The SMILES string of the molecule is NC(Cc1c(F)cccc1F)C1CCCCC1. The van der Waals surface area contributed by atoms with Crippen molar-refractivity contribution < 1.29 is 8.78 Å². The second-order valence-electron chi connectivity index (χ2n) is 4.97. The Morgan fingerprint density at radius 1 is 1.12 bits per heavy atom. The maximum atomic E-state index is 13.5. The van der Waals surface area contributed by atoms with Crippen LogP contribution < -0.4 is 5.73 Å². The van der Waals surface area contributed by atoms with E-state index in [2.05, 4.69) is 0 Å². The number of hydrogen-bond acceptors (Lipinski definition) is 1. The average Bonchev–Trinajstić information content (AvgIpc) is 2.35. The van der Waals surface area contributed by atoms with Gasteiger partial charge < -0.3 is 5.73 Å². The number of benzene rings is 1. The van der Waals surface area contributed by atoms with E-state index in [1.165, 1.54) is 37.5 Å². The van der Waals surface area contributed by atoms with E-state index in [-0.39, 0.29) is 11.6 Å². The summed E-state index contributed by atoms with van der Waals surface area (Å²) < 4.78 is 27.0. The van der Waals surface area contributed by atoms with Gasteiger partial charge in [-0.25, -0.2) is 8.78 Å². The molecule has 1 nitrogen and oxygen atoms in total. The summed E-state index contributed by atoms with van der Waals surface area (Å²) in [6, 6.07) is 3.86. The Hall–Kier alpha value is -0.960. The Labute approximate surface area is 101 Å². The van der Waals surface area contributed by atoms with Crippen molar-refractivity contribution in [3.8, 4) is 0 Å². The second-order valence-corrected chi connectivity index (χ2v) is 4.97. The van der Waals surface area contributed by atoms with Gasteiger partial charge in [-0.05, 0) is 37.3 Å². The molecule has 0 aromatic heterocycles. The Balaban J connectivity index is 2.04. The molecular weight excluding hydrogens is 220 g/mol. The van der Waals surface area contributed by atoms with E-state index in [9.17, 15) is 8.78 Å². The minimum Gasteiger partial charge on any atom is -0.327 e. The van der Waals surface area contributed by atoms with Crippen molar-refractivity contribution in [2.75, 3.05) is 0 Å². The highest BCUT2D eigenvalue weighted by atomic mass is 19.1. The minimum absolute atomic E-state index is 0.123. The fraction of sp³-hybridized carbons (Fsp3) is 0.571. The van der Waals surface area contributed by atoms with Gasteiger partial charge in [0, 0.05) is 11.6 Å². The fourth-order valence-corrected chi connectivity index (χ4v) is 2.69. The monoisotopic (exact) mass is 239 g/mol. The lowest BCUT2D eigenvalue weighted by atomic mass is 9.82. The first-order chi connectivity index (χ1) is 8.18. The molecule has 1 aromatic carbocycles. The maximum Gasteiger partial charge on any atom is 0.129 e. The predicted molar refractivity (Wildman–Crippen MR) is 64.6 cm³/mol. The molecule has 1 atom stereocenters. The van der Waals surface area contributed by atoms with Crippen LogP contribution in [0.2, 0.25) is 0 Å². The van der Waals surface area contributed by atoms with Crippen LogP contribution in [0.5, 0.6) is 0 Å². The Morgan fingerprint density at radius 2 is 1.71 bits per heavy atom. The first kappa shape index (κ1) is 12.5. The summed E-state index contributed by atoms with van der Waals surface area (Å²) in [5.41, 5.74) is 6.23. The van der Waals surface area contributed by atoms with Crippen molar-refractivity contribution in [3.63, 3.8) is 0 Å². The Morgan fingerprint density at radius 3 is 2.29 bits per heavy atom. The summed E-state index contributed by atoms with van der Waals surface area (Å²) in [7, 11) is 0. The molecule has 2 rings (SSSR count). The molecule has 94 valence electrons. The molecule has 1 aliphatic rings. The molecule has 0 radical (unpaired) electrons. The van der Waals surface area contributed by atoms with Gasteiger partial charge in [-0.2, -0.15) is 0 Å². The van der Waals surface area contributed by atoms with Gasteiger partial charge in [-0.3, -0.25) is 0 Å². The Kier molecular flexibility index (Phi) is 4.11. The third-order valence-corrected chi connectivity index (χ3v) is 3.76. The summed E-state index contributed by atoms with van der Waals surface area (Å²) in [6.45, 7) is 0. The van der Waals surface area contributed by atoms with Gasteiger partial charge >= 0.3 is 0 Å². The molecule has 0 aliphatic heterocycles. The van der Waals surface area contributed by atoms with E-state index < -0.39 is 11.6 Å². The maximum absolute atomic E-state index is 13.5. The van der Waals surface area contributed by atoms with Gasteiger partial charge in [-0.15, -0.1) is 0 Å². The molecule has 0 amide bonds. The highest BCUT2D eigenvalue weighted by Gasteiger charge is 2.22. The van der Waals surface area contributed by atoms with Crippen LogP contribution in [0.15, 0.2) is 18.2 Å². The van der Waals surface area contributed by atoms with Gasteiger partial charge in [0.2, 0.25) is 0 Å². The molecule has 2 N–H and O–H groups in total. The van der Waals surface area contributed by atoms with Crippen molar-refractivity contribution in [2.45, 2.75) is 44.6 Å². The van der Waals surface area contributed by atoms with Crippen LogP contribution in [-0.2, 0) is 6.42 Å². The first-order valence-electron chi connectivity index (χ1n) is 6.37. The summed E-state index contributed by atoms with van der Waals surface area (Å²) in [4.78, 5) is 0. The smallest absolute Gasteiger partial charge is 0.129 e. The second kappa shape index (κ2) is 5.58. The van der Waals surface area contributed by atoms with E-state index in [0.717, 1.165) is 12.8 Å². The largest absolute Gasteiger partial charge is 0.327 e. The van der Waals surface area contributed by atoms with Crippen molar-refractivity contribution in [1.29, 1.82) is 0 Å². The minimum atomic E-state index is -0.476. The summed E-state index contributed by atoms with van der Waals surface area (Å²) >= 11 is 0. The average molecular weight is 239 g/mol. The van der Waals surface area contributed by atoms with E-state index in [1.54, 1.807) is 0 Å². The van der Waals surface area contributed by atoms with E-state index in [4.69, 9.17) is 5.73 Å². The zero-order chi connectivity index (χ0) is 12.3. The topological polar surface area (TPSA) is 26.0 Å². The number of halogens is 2. The molecule has 1 saturated carbocycles. The van der Waals surface area contributed by atoms with Crippen molar-refractivity contribution >= 4 is 0 Å². The molecule has 0 heterocycles. The third-order valence-electron chi connectivity index (χ3n) is 3.76. The fourth-order valence-electron chi connectivity index (χ4n) is 2.69. The van der Waals surface area contributed by atoms with Gasteiger partial charge in [0.1, 0.15) is 11.6 Å². The van der Waals surface area contributed by atoms with Gasteiger partial charge in [0.25, 0.3) is 0 Å². The quantitative estimate of drug-likeness (QED) is 0.859. The van der Waals surface area contributed by atoms with Crippen LogP contribution in [0.3, 0.4) is 0 Å². The van der Waals surface area contributed by atoms with Crippen LogP contribution in [0.4, 0.5) is 8.78 Å². The van der Waals surface area contributed by atoms with E-state index in [0.29, 0.717) is 12.3 Å². The molecule has 3 heteroatoms. The number of rotatable bonds is 3. The highest BCUT2D eigenvalue weighted by molar-refractivity contribution is 5.20. The number of nitrogens with two attached hydrogens (primary N) is 1. The highest BCUT2D eigenvalue weighted by Crippen LogP contribution is 2.27. The molecule has 0 saturated heterocycles. The zero-order valence-corrected chi connectivity index (χ0v) is 9.96. The van der Waals surface area contributed by atoms with Crippen molar-refractivity contribution in [2.24, 2.45) is 11.7 Å². The van der Waals surface area contributed by atoms with Gasteiger partial charge in [0.15, 0.2) is 0 Å². The van der Waals surface area contributed by atoms with Gasteiger partial charge in [0.05, 0.1) is 0 Å². The van der Waals surface area contributed by atoms with Crippen molar-refractivity contribution in [1.82, 2.24) is 0 Å².